The molecule has 1 aliphatic heterocycles. The molecule has 2 amide bonds. The zero-order chi connectivity index (χ0) is 19.5. The number of hydrogen-bond acceptors (Lipinski definition) is 4. The number of nitrogens with one attached hydrogen (secondary N) is 2. The van der Waals surface area contributed by atoms with Crippen LogP contribution in [0.15, 0.2) is 4.99 Å². The summed E-state index contributed by atoms with van der Waals surface area (Å²) in [5.74, 6) is 1.28. The SMILES string of the molecule is CCNC(=NCCC(OCC)C1CCCC1)NCCN1C(=O)CCCC1=O. The molecule has 0 aromatic heterocycles. The van der Waals surface area contributed by atoms with Crippen LogP contribution in [0, 0.1) is 5.92 Å². The molecule has 0 radical (unpaired) electrons. The summed E-state index contributed by atoms with van der Waals surface area (Å²) < 4.78 is 5.96. The molecule has 0 bridgehead atoms. The van der Waals surface area contributed by atoms with Crippen LogP contribution in [0.5, 0.6) is 0 Å². The average molecular weight is 381 g/mol. The first-order valence-corrected chi connectivity index (χ1v) is 10.6. The number of carbonyl (C=O) groups is 2. The van der Waals surface area contributed by atoms with Crippen LogP contribution in [-0.2, 0) is 14.3 Å². The molecule has 1 heterocycles. The fourth-order valence-corrected chi connectivity index (χ4v) is 3.98. The monoisotopic (exact) mass is 380 g/mol. The van der Waals surface area contributed by atoms with Gasteiger partial charge in [-0.1, -0.05) is 12.8 Å². The number of guanidine groups is 1. The Morgan fingerprint density at radius 3 is 2.48 bits per heavy atom. The van der Waals surface area contributed by atoms with Crippen LogP contribution >= 0.6 is 0 Å². The number of hydrogen-bond donors (Lipinski definition) is 2. The van der Waals surface area contributed by atoms with E-state index in [1.54, 1.807) is 0 Å². The van der Waals surface area contributed by atoms with Gasteiger partial charge in [0.25, 0.3) is 0 Å². The molecule has 154 valence electrons. The number of carbonyl (C=O) groups excluding carboxylic acids is 2. The highest BCUT2D eigenvalue weighted by atomic mass is 16.5. The minimum Gasteiger partial charge on any atom is -0.378 e. The second-order valence-electron chi connectivity index (χ2n) is 7.31. The van der Waals surface area contributed by atoms with Gasteiger partial charge in [0.1, 0.15) is 0 Å². The summed E-state index contributed by atoms with van der Waals surface area (Å²) in [6.07, 6.45) is 8.01. The van der Waals surface area contributed by atoms with Crippen molar-refractivity contribution in [3.63, 3.8) is 0 Å². The Labute approximate surface area is 163 Å². The maximum atomic E-state index is 11.9. The highest BCUT2D eigenvalue weighted by molar-refractivity contribution is 5.97. The van der Waals surface area contributed by atoms with Crippen molar-refractivity contribution in [1.29, 1.82) is 0 Å². The van der Waals surface area contributed by atoms with Crippen molar-refractivity contribution in [2.75, 3.05) is 32.8 Å². The number of imide groups is 1. The first-order valence-electron chi connectivity index (χ1n) is 10.6. The molecular weight excluding hydrogens is 344 g/mol. The van der Waals surface area contributed by atoms with Gasteiger partial charge in [0, 0.05) is 45.6 Å². The van der Waals surface area contributed by atoms with Crippen molar-refractivity contribution >= 4 is 17.8 Å². The number of piperidine rings is 1. The maximum absolute atomic E-state index is 11.9. The number of aliphatic imine (C=N–C) groups is 1. The molecule has 2 N–H and O–H groups in total. The minimum absolute atomic E-state index is 0.0638. The van der Waals surface area contributed by atoms with Gasteiger partial charge in [0.15, 0.2) is 5.96 Å². The maximum Gasteiger partial charge on any atom is 0.229 e. The standard InChI is InChI=1S/C20H36N4O3/c1-3-21-20(23-14-15-24-18(25)10-7-11-19(24)26)22-13-12-17(27-4-2)16-8-5-6-9-16/h16-17H,3-15H2,1-2H3,(H2,21,22,23). The Balaban J connectivity index is 1.78. The van der Waals surface area contributed by atoms with E-state index in [0.717, 1.165) is 25.5 Å². The van der Waals surface area contributed by atoms with Crippen LogP contribution in [0.1, 0.15) is 65.2 Å². The van der Waals surface area contributed by atoms with Gasteiger partial charge in [0.05, 0.1) is 6.10 Å². The molecule has 2 rings (SSSR count). The molecule has 1 atom stereocenters. The number of nitrogens with zero attached hydrogens (tertiary/aromatic N) is 2. The second kappa shape index (κ2) is 12.0. The summed E-state index contributed by atoms with van der Waals surface area (Å²) in [7, 11) is 0. The van der Waals surface area contributed by atoms with E-state index < -0.39 is 0 Å². The van der Waals surface area contributed by atoms with E-state index in [1.165, 1.54) is 30.6 Å². The zero-order valence-electron chi connectivity index (χ0n) is 17.0. The lowest BCUT2D eigenvalue weighted by atomic mass is 9.98. The molecule has 2 fully saturated rings. The van der Waals surface area contributed by atoms with E-state index in [4.69, 9.17) is 4.74 Å². The lowest BCUT2D eigenvalue weighted by Crippen LogP contribution is -2.46. The van der Waals surface area contributed by atoms with Crippen molar-refractivity contribution in [2.24, 2.45) is 10.9 Å². The van der Waals surface area contributed by atoms with Gasteiger partial charge in [-0.25, -0.2) is 0 Å². The van der Waals surface area contributed by atoms with Gasteiger partial charge >= 0.3 is 0 Å². The third-order valence-corrected chi connectivity index (χ3v) is 5.35. The van der Waals surface area contributed by atoms with E-state index >= 15 is 0 Å². The predicted molar refractivity (Wildman–Crippen MR) is 107 cm³/mol. The summed E-state index contributed by atoms with van der Waals surface area (Å²) in [4.78, 5) is 29.7. The van der Waals surface area contributed by atoms with Crippen molar-refractivity contribution in [3.05, 3.63) is 0 Å². The summed E-state index contributed by atoms with van der Waals surface area (Å²) in [5.41, 5.74) is 0. The molecule has 1 saturated heterocycles. The predicted octanol–water partition coefficient (Wildman–Crippen LogP) is 2.07. The average Bonchev–Trinajstić information content (AvgIpc) is 3.18. The molecule has 0 aromatic carbocycles. The van der Waals surface area contributed by atoms with Crippen LogP contribution < -0.4 is 10.6 Å². The van der Waals surface area contributed by atoms with Gasteiger partial charge < -0.3 is 15.4 Å². The highest BCUT2D eigenvalue weighted by Gasteiger charge is 2.26. The van der Waals surface area contributed by atoms with Gasteiger partial charge in [-0.15, -0.1) is 0 Å². The Hall–Kier alpha value is -1.63. The third kappa shape index (κ3) is 7.13. The molecule has 0 spiro atoms. The van der Waals surface area contributed by atoms with Gasteiger partial charge in [0.2, 0.25) is 11.8 Å². The summed E-state index contributed by atoms with van der Waals surface area (Å²) >= 11 is 0. The van der Waals surface area contributed by atoms with E-state index in [1.807, 2.05) is 6.92 Å². The Kier molecular flexibility index (Phi) is 9.59. The molecule has 0 aromatic rings. The van der Waals surface area contributed by atoms with E-state index in [-0.39, 0.29) is 11.8 Å². The first-order chi connectivity index (χ1) is 13.2. The Morgan fingerprint density at radius 2 is 1.85 bits per heavy atom. The molecule has 27 heavy (non-hydrogen) atoms. The van der Waals surface area contributed by atoms with Crippen LogP contribution in [0.4, 0.5) is 0 Å². The normalized spacial score (nSPS) is 20.2. The van der Waals surface area contributed by atoms with Gasteiger partial charge in [-0.05, 0) is 45.4 Å². The van der Waals surface area contributed by atoms with Crippen LogP contribution in [0.25, 0.3) is 0 Å². The smallest absolute Gasteiger partial charge is 0.229 e. The lowest BCUT2D eigenvalue weighted by molar-refractivity contribution is -0.147. The molecule has 7 nitrogen and oxygen atoms in total. The van der Waals surface area contributed by atoms with E-state index in [2.05, 4.69) is 22.5 Å². The molecule has 1 aliphatic carbocycles. The number of amides is 2. The fourth-order valence-electron chi connectivity index (χ4n) is 3.98. The summed E-state index contributed by atoms with van der Waals surface area (Å²) in [6.45, 7) is 7.22. The van der Waals surface area contributed by atoms with Gasteiger partial charge in [-0.3, -0.25) is 19.5 Å². The fraction of sp³-hybridized carbons (Fsp3) is 0.850. The van der Waals surface area contributed by atoms with Crippen LogP contribution in [0.3, 0.4) is 0 Å². The zero-order valence-corrected chi connectivity index (χ0v) is 17.0. The topological polar surface area (TPSA) is 83.0 Å². The largest absolute Gasteiger partial charge is 0.378 e. The lowest BCUT2D eigenvalue weighted by Gasteiger charge is -2.25. The Bertz CT molecular complexity index is 487. The molecule has 1 saturated carbocycles. The quantitative estimate of drug-likeness (QED) is 0.344. The molecule has 2 aliphatic rings. The van der Waals surface area contributed by atoms with Crippen molar-refractivity contribution in [2.45, 2.75) is 71.3 Å². The first kappa shape index (κ1) is 21.7. The summed E-state index contributed by atoms with van der Waals surface area (Å²) in [5, 5.41) is 6.46. The molecule has 1 unspecified atom stereocenters. The highest BCUT2D eigenvalue weighted by Crippen LogP contribution is 2.30. The van der Waals surface area contributed by atoms with Crippen LogP contribution in [-0.4, -0.2) is 61.6 Å². The second-order valence-corrected chi connectivity index (χ2v) is 7.31. The minimum atomic E-state index is -0.0638. The van der Waals surface area contributed by atoms with Crippen LogP contribution in [0.2, 0.25) is 0 Å². The van der Waals surface area contributed by atoms with Crippen molar-refractivity contribution < 1.29 is 14.3 Å². The number of rotatable bonds is 10. The number of ether oxygens (including phenoxy) is 1. The Morgan fingerprint density at radius 1 is 1.15 bits per heavy atom. The summed E-state index contributed by atoms with van der Waals surface area (Å²) in [6, 6.07) is 0. The van der Waals surface area contributed by atoms with Crippen molar-refractivity contribution in [3.8, 4) is 0 Å². The van der Waals surface area contributed by atoms with E-state index in [9.17, 15) is 9.59 Å². The number of likely N-dealkylation sites (tertiary alicyclic amines) is 1. The third-order valence-electron chi connectivity index (χ3n) is 5.35. The molecule has 7 heteroatoms. The van der Waals surface area contributed by atoms with Crippen molar-refractivity contribution in [1.82, 2.24) is 15.5 Å². The van der Waals surface area contributed by atoms with E-state index in [0.29, 0.717) is 50.9 Å². The van der Waals surface area contributed by atoms with Gasteiger partial charge in [-0.2, -0.15) is 0 Å². The molecular formula is C20H36N4O3.